The van der Waals surface area contributed by atoms with Gasteiger partial charge >= 0.3 is 0 Å². The normalized spacial score (nSPS) is 10.5. The van der Waals surface area contributed by atoms with E-state index >= 15 is 0 Å². The number of aryl methyl sites for hydroxylation is 1. The fourth-order valence-electron chi connectivity index (χ4n) is 2.05. The topological polar surface area (TPSA) is 75.5 Å². The van der Waals surface area contributed by atoms with Crippen LogP contribution >= 0.6 is 0 Å². The molecule has 0 atom stereocenters. The zero-order chi connectivity index (χ0) is 16.4. The summed E-state index contributed by atoms with van der Waals surface area (Å²) in [6.45, 7) is -0.0509. The van der Waals surface area contributed by atoms with Crippen LogP contribution in [-0.4, -0.2) is 59.1 Å². The summed E-state index contributed by atoms with van der Waals surface area (Å²) in [7, 11) is 6.28. The highest BCUT2D eigenvalue weighted by atomic mass is 16.2. The number of rotatable bonds is 3. The second kappa shape index (κ2) is 5.97. The van der Waals surface area contributed by atoms with E-state index in [1.807, 2.05) is 0 Å². The minimum atomic E-state index is -0.401. The Morgan fingerprint density at radius 3 is 2.32 bits per heavy atom. The average molecular weight is 302 g/mol. The second-order valence-corrected chi connectivity index (χ2v) is 5.27. The van der Waals surface area contributed by atoms with Gasteiger partial charge in [0.1, 0.15) is 0 Å². The molecule has 0 fully saturated rings. The number of amides is 2. The number of likely N-dealkylation sites (N-methyl/N-ethyl adjacent to an activating group) is 2. The fraction of sp³-hybridized carbons (Fsp3) is 0.333. The lowest BCUT2D eigenvalue weighted by Crippen LogP contribution is -2.39. The number of carbonyl (C=O) groups excluding carboxylic acids is 2. The first-order valence-corrected chi connectivity index (χ1v) is 6.74. The Hall–Kier alpha value is -2.70. The molecule has 0 aliphatic rings. The van der Waals surface area contributed by atoms with Gasteiger partial charge < -0.3 is 9.80 Å². The number of nitrogens with zero attached hydrogens (tertiary/aromatic N) is 4. The van der Waals surface area contributed by atoms with Gasteiger partial charge in [0.2, 0.25) is 5.91 Å². The Balaban J connectivity index is 2.46. The van der Waals surface area contributed by atoms with E-state index in [2.05, 4.69) is 5.10 Å². The van der Waals surface area contributed by atoms with E-state index in [-0.39, 0.29) is 23.7 Å². The Bertz CT molecular complexity index is 795. The highest BCUT2D eigenvalue weighted by Crippen LogP contribution is 2.14. The zero-order valence-corrected chi connectivity index (χ0v) is 13.0. The molecule has 0 aliphatic carbocycles. The molecule has 116 valence electrons. The molecule has 0 spiro atoms. The van der Waals surface area contributed by atoms with Crippen molar-refractivity contribution in [2.24, 2.45) is 7.05 Å². The van der Waals surface area contributed by atoms with Crippen molar-refractivity contribution in [1.82, 2.24) is 19.6 Å². The van der Waals surface area contributed by atoms with Gasteiger partial charge in [-0.1, -0.05) is 18.2 Å². The van der Waals surface area contributed by atoms with Crippen molar-refractivity contribution in [2.75, 3.05) is 27.7 Å². The van der Waals surface area contributed by atoms with Crippen LogP contribution in [-0.2, 0) is 11.8 Å². The summed E-state index contributed by atoms with van der Waals surface area (Å²) in [6, 6.07) is 6.81. The molecule has 2 rings (SSSR count). The van der Waals surface area contributed by atoms with Gasteiger partial charge in [-0.25, -0.2) is 4.68 Å². The SMILES string of the molecule is CN(C)C(=O)CN(C)C(=O)c1nn(C)c(=O)c2ccccc12. The quantitative estimate of drug-likeness (QED) is 0.805. The lowest BCUT2D eigenvalue weighted by molar-refractivity contribution is -0.129. The maximum Gasteiger partial charge on any atom is 0.275 e. The van der Waals surface area contributed by atoms with Crippen molar-refractivity contribution in [3.05, 3.63) is 40.3 Å². The van der Waals surface area contributed by atoms with Crippen LogP contribution in [0, 0.1) is 0 Å². The molecule has 0 bridgehead atoms. The molecule has 7 heteroatoms. The Labute approximate surface area is 127 Å². The number of carbonyl (C=O) groups is 2. The van der Waals surface area contributed by atoms with Gasteiger partial charge in [0.15, 0.2) is 5.69 Å². The summed E-state index contributed by atoms with van der Waals surface area (Å²) in [5, 5.41) is 4.97. The first kappa shape index (κ1) is 15.7. The predicted octanol–water partition coefficient (Wildman–Crippen LogP) is 0.0937. The average Bonchev–Trinajstić information content (AvgIpc) is 2.50. The summed E-state index contributed by atoms with van der Waals surface area (Å²) in [4.78, 5) is 39.0. The van der Waals surface area contributed by atoms with Crippen LogP contribution in [0.1, 0.15) is 10.5 Å². The number of benzene rings is 1. The largest absolute Gasteiger partial charge is 0.347 e. The van der Waals surface area contributed by atoms with Crippen LogP contribution in [0.2, 0.25) is 0 Å². The monoisotopic (exact) mass is 302 g/mol. The minimum Gasteiger partial charge on any atom is -0.347 e. The summed E-state index contributed by atoms with van der Waals surface area (Å²) in [5.41, 5.74) is -0.106. The summed E-state index contributed by atoms with van der Waals surface area (Å²) >= 11 is 0. The summed E-state index contributed by atoms with van der Waals surface area (Å²) in [6.07, 6.45) is 0. The lowest BCUT2D eigenvalue weighted by Gasteiger charge is -2.19. The van der Waals surface area contributed by atoms with E-state index in [4.69, 9.17) is 0 Å². The van der Waals surface area contributed by atoms with Gasteiger partial charge in [0, 0.05) is 33.6 Å². The molecule has 0 unspecified atom stereocenters. The van der Waals surface area contributed by atoms with Gasteiger partial charge in [0.25, 0.3) is 11.5 Å². The van der Waals surface area contributed by atoms with Gasteiger partial charge in [-0.3, -0.25) is 14.4 Å². The van der Waals surface area contributed by atoms with Gasteiger partial charge in [-0.2, -0.15) is 5.10 Å². The van der Waals surface area contributed by atoms with Crippen LogP contribution in [0.15, 0.2) is 29.1 Å². The molecule has 2 aromatic rings. The summed E-state index contributed by atoms with van der Waals surface area (Å²) in [5.74, 6) is -0.591. The van der Waals surface area contributed by atoms with Crippen molar-refractivity contribution >= 4 is 22.6 Å². The lowest BCUT2D eigenvalue weighted by atomic mass is 10.1. The second-order valence-electron chi connectivity index (χ2n) is 5.27. The molecular formula is C15H18N4O3. The molecule has 0 N–H and O–H groups in total. The van der Waals surface area contributed by atoms with Crippen molar-refractivity contribution < 1.29 is 9.59 Å². The maximum absolute atomic E-state index is 12.6. The maximum atomic E-state index is 12.6. The van der Waals surface area contributed by atoms with Crippen molar-refractivity contribution in [3.63, 3.8) is 0 Å². The molecule has 0 saturated heterocycles. The first-order valence-electron chi connectivity index (χ1n) is 6.74. The van der Waals surface area contributed by atoms with E-state index in [1.54, 1.807) is 38.4 Å². The molecule has 1 heterocycles. The molecule has 7 nitrogen and oxygen atoms in total. The van der Waals surface area contributed by atoms with E-state index in [0.717, 1.165) is 4.68 Å². The van der Waals surface area contributed by atoms with E-state index < -0.39 is 5.91 Å². The Morgan fingerprint density at radius 1 is 1.14 bits per heavy atom. The van der Waals surface area contributed by atoms with Crippen LogP contribution < -0.4 is 5.56 Å². The Kier molecular flexibility index (Phi) is 4.25. The van der Waals surface area contributed by atoms with Crippen LogP contribution in [0.4, 0.5) is 0 Å². The number of hydrogen-bond donors (Lipinski definition) is 0. The Morgan fingerprint density at radius 2 is 1.73 bits per heavy atom. The molecular weight excluding hydrogens is 284 g/mol. The first-order chi connectivity index (χ1) is 10.3. The standard InChI is InChI=1S/C15H18N4O3/c1-17(2)12(20)9-18(3)15(22)13-10-7-5-6-8-11(10)14(21)19(4)16-13/h5-8H,9H2,1-4H3. The van der Waals surface area contributed by atoms with Crippen molar-refractivity contribution in [3.8, 4) is 0 Å². The van der Waals surface area contributed by atoms with Crippen molar-refractivity contribution in [2.45, 2.75) is 0 Å². The zero-order valence-electron chi connectivity index (χ0n) is 13.0. The van der Waals surface area contributed by atoms with E-state index in [0.29, 0.717) is 10.8 Å². The smallest absolute Gasteiger partial charge is 0.275 e. The minimum absolute atomic E-state index is 0.0509. The predicted molar refractivity (Wildman–Crippen MR) is 82.6 cm³/mol. The van der Waals surface area contributed by atoms with E-state index in [1.165, 1.54) is 23.9 Å². The van der Waals surface area contributed by atoms with E-state index in [9.17, 15) is 14.4 Å². The molecule has 0 aliphatic heterocycles. The van der Waals surface area contributed by atoms with Crippen molar-refractivity contribution in [1.29, 1.82) is 0 Å². The highest BCUT2D eigenvalue weighted by Gasteiger charge is 2.21. The number of fused-ring (bicyclic) bond motifs is 1. The third-order valence-corrected chi connectivity index (χ3v) is 3.38. The summed E-state index contributed by atoms with van der Waals surface area (Å²) < 4.78 is 1.14. The third-order valence-electron chi connectivity index (χ3n) is 3.38. The van der Waals surface area contributed by atoms with Gasteiger partial charge in [-0.05, 0) is 6.07 Å². The fourth-order valence-corrected chi connectivity index (χ4v) is 2.05. The van der Waals surface area contributed by atoms with Crippen LogP contribution in [0.5, 0.6) is 0 Å². The molecule has 1 aromatic heterocycles. The van der Waals surface area contributed by atoms with Crippen LogP contribution in [0.3, 0.4) is 0 Å². The molecule has 0 radical (unpaired) electrons. The number of aromatic nitrogens is 2. The molecule has 22 heavy (non-hydrogen) atoms. The third kappa shape index (κ3) is 2.83. The molecule has 0 saturated carbocycles. The number of hydrogen-bond acceptors (Lipinski definition) is 4. The van der Waals surface area contributed by atoms with Gasteiger partial charge in [0.05, 0.1) is 11.9 Å². The highest BCUT2D eigenvalue weighted by molar-refractivity contribution is 6.05. The van der Waals surface area contributed by atoms with Crippen LogP contribution in [0.25, 0.3) is 10.8 Å². The van der Waals surface area contributed by atoms with Gasteiger partial charge in [-0.15, -0.1) is 0 Å². The molecule has 2 amide bonds. The molecule has 1 aromatic carbocycles.